The Morgan fingerprint density at radius 3 is 2.93 bits per heavy atom. The molecule has 5 heteroatoms. The Labute approximate surface area is 105 Å². The van der Waals surface area contributed by atoms with Gasteiger partial charge in [0.05, 0.1) is 6.04 Å². The first-order chi connectivity index (χ1) is 7.18. The molecule has 1 aromatic carbocycles. The molecule has 0 saturated heterocycles. The summed E-state index contributed by atoms with van der Waals surface area (Å²) in [7, 11) is 0. The van der Waals surface area contributed by atoms with Gasteiger partial charge in [-0.3, -0.25) is 0 Å². The van der Waals surface area contributed by atoms with Crippen LogP contribution in [0.2, 0.25) is 5.02 Å². The average Bonchev–Trinajstić information content (AvgIpc) is 2.74. The Hall–Kier alpha value is -0.420. The van der Waals surface area contributed by atoms with Crippen LogP contribution in [0.25, 0.3) is 0 Å². The summed E-state index contributed by atoms with van der Waals surface area (Å²) in [6, 6.07) is 5.35. The summed E-state index contributed by atoms with van der Waals surface area (Å²) in [5.74, 6) is 0. The molecule has 2 rings (SSSR count). The summed E-state index contributed by atoms with van der Waals surface area (Å²) in [5.41, 5.74) is 7.05. The number of rotatable bonds is 2. The second-order valence-corrected chi connectivity index (χ2v) is 5.23. The summed E-state index contributed by atoms with van der Waals surface area (Å²) in [4.78, 5) is 4.19. The molecule has 78 valence electrons. The molecular formula is C10H8BrClN2S. The quantitative estimate of drug-likeness (QED) is 0.920. The van der Waals surface area contributed by atoms with Gasteiger partial charge in [-0.05, 0) is 23.8 Å². The fourth-order valence-electron chi connectivity index (χ4n) is 1.27. The minimum atomic E-state index is -0.224. The second-order valence-electron chi connectivity index (χ2n) is 3.01. The van der Waals surface area contributed by atoms with E-state index in [0.717, 1.165) is 15.0 Å². The molecule has 1 aromatic heterocycles. The molecule has 1 unspecified atom stereocenters. The number of nitrogens with zero attached hydrogens (tertiary/aromatic N) is 1. The van der Waals surface area contributed by atoms with Crippen LogP contribution >= 0.6 is 38.9 Å². The molecule has 0 bridgehead atoms. The van der Waals surface area contributed by atoms with Crippen molar-refractivity contribution < 1.29 is 0 Å². The minimum absolute atomic E-state index is 0.224. The Balaban J connectivity index is 2.41. The zero-order chi connectivity index (χ0) is 10.8. The summed E-state index contributed by atoms with van der Waals surface area (Å²) in [6.45, 7) is 0. The molecule has 2 aromatic rings. The van der Waals surface area contributed by atoms with Gasteiger partial charge in [0.15, 0.2) is 0 Å². The molecule has 0 aliphatic heterocycles. The number of nitrogens with two attached hydrogens (primary N) is 1. The van der Waals surface area contributed by atoms with Crippen LogP contribution in [0.5, 0.6) is 0 Å². The van der Waals surface area contributed by atoms with Crippen LogP contribution in [-0.4, -0.2) is 4.98 Å². The molecule has 0 fully saturated rings. The van der Waals surface area contributed by atoms with Crippen molar-refractivity contribution in [1.29, 1.82) is 0 Å². The van der Waals surface area contributed by atoms with Gasteiger partial charge in [-0.25, -0.2) is 4.98 Å². The van der Waals surface area contributed by atoms with Crippen molar-refractivity contribution >= 4 is 38.9 Å². The monoisotopic (exact) mass is 302 g/mol. The number of hydrogen-bond acceptors (Lipinski definition) is 3. The van der Waals surface area contributed by atoms with E-state index in [4.69, 9.17) is 17.3 Å². The van der Waals surface area contributed by atoms with Gasteiger partial charge in [-0.1, -0.05) is 27.5 Å². The van der Waals surface area contributed by atoms with Gasteiger partial charge in [0.25, 0.3) is 0 Å². The van der Waals surface area contributed by atoms with Gasteiger partial charge in [0.1, 0.15) is 5.01 Å². The van der Waals surface area contributed by atoms with E-state index >= 15 is 0 Å². The first-order valence-electron chi connectivity index (χ1n) is 4.28. The third kappa shape index (κ3) is 2.39. The summed E-state index contributed by atoms with van der Waals surface area (Å²) < 4.78 is 0.953. The van der Waals surface area contributed by atoms with Crippen LogP contribution in [-0.2, 0) is 0 Å². The molecule has 2 N–H and O–H groups in total. The van der Waals surface area contributed by atoms with Crippen molar-refractivity contribution in [3.63, 3.8) is 0 Å². The van der Waals surface area contributed by atoms with Crippen molar-refractivity contribution in [2.75, 3.05) is 0 Å². The van der Waals surface area contributed by atoms with E-state index in [-0.39, 0.29) is 6.04 Å². The fourth-order valence-corrected chi connectivity index (χ4v) is 2.60. The largest absolute Gasteiger partial charge is 0.318 e. The highest BCUT2D eigenvalue weighted by Gasteiger charge is 2.14. The van der Waals surface area contributed by atoms with E-state index in [1.807, 2.05) is 23.6 Å². The molecule has 1 atom stereocenters. The first kappa shape index (κ1) is 11.1. The van der Waals surface area contributed by atoms with E-state index < -0.39 is 0 Å². The average molecular weight is 304 g/mol. The topological polar surface area (TPSA) is 38.9 Å². The van der Waals surface area contributed by atoms with Gasteiger partial charge in [-0.2, -0.15) is 0 Å². The maximum absolute atomic E-state index is 6.09. The maximum Gasteiger partial charge on any atom is 0.114 e. The number of benzene rings is 1. The van der Waals surface area contributed by atoms with Crippen LogP contribution in [0.1, 0.15) is 16.6 Å². The third-order valence-corrected chi connectivity index (χ3v) is 3.83. The van der Waals surface area contributed by atoms with E-state index in [1.54, 1.807) is 17.5 Å². The Morgan fingerprint density at radius 2 is 2.27 bits per heavy atom. The van der Waals surface area contributed by atoms with Crippen molar-refractivity contribution in [2.24, 2.45) is 5.73 Å². The zero-order valence-electron chi connectivity index (χ0n) is 7.65. The molecule has 15 heavy (non-hydrogen) atoms. The summed E-state index contributed by atoms with van der Waals surface area (Å²) in [5, 5.41) is 3.48. The standard InChI is InChI=1S/C10H8BrClN2S/c11-8-2-1-6(12)5-7(8)9(13)10-14-3-4-15-10/h1-5,9H,13H2. The van der Waals surface area contributed by atoms with Crippen LogP contribution in [0.3, 0.4) is 0 Å². The zero-order valence-corrected chi connectivity index (χ0v) is 10.8. The minimum Gasteiger partial charge on any atom is -0.318 e. The van der Waals surface area contributed by atoms with E-state index in [0.29, 0.717) is 5.02 Å². The lowest BCUT2D eigenvalue weighted by Gasteiger charge is -2.11. The highest BCUT2D eigenvalue weighted by atomic mass is 79.9. The van der Waals surface area contributed by atoms with Crippen LogP contribution < -0.4 is 5.73 Å². The smallest absolute Gasteiger partial charge is 0.114 e. The van der Waals surface area contributed by atoms with Gasteiger partial charge in [0.2, 0.25) is 0 Å². The highest BCUT2D eigenvalue weighted by molar-refractivity contribution is 9.10. The van der Waals surface area contributed by atoms with Gasteiger partial charge in [0, 0.05) is 21.1 Å². The second kappa shape index (κ2) is 4.61. The Bertz CT molecular complexity index is 458. The molecule has 0 amide bonds. The number of thiazole rings is 1. The lowest BCUT2D eigenvalue weighted by Crippen LogP contribution is -2.12. The van der Waals surface area contributed by atoms with Crippen LogP contribution in [0, 0.1) is 0 Å². The molecule has 0 aliphatic carbocycles. The lowest BCUT2D eigenvalue weighted by molar-refractivity contribution is 0.852. The fraction of sp³-hybridized carbons (Fsp3) is 0.100. The number of halogens is 2. The first-order valence-corrected chi connectivity index (χ1v) is 6.33. The predicted octanol–water partition coefficient (Wildman–Crippen LogP) is 3.61. The van der Waals surface area contributed by atoms with Crippen molar-refractivity contribution in [3.05, 3.63) is 49.8 Å². The lowest BCUT2D eigenvalue weighted by atomic mass is 10.1. The van der Waals surface area contributed by atoms with Gasteiger partial charge >= 0.3 is 0 Å². The van der Waals surface area contributed by atoms with Gasteiger partial charge in [-0.15, -0.1) is 11.3 Å². The molecule has 0 spiro atoms. The van der Waals surface area contributed by atoms with E-state index in [9.17, 15) is 0 Å². The summed E-state index contributed by atoms with van der Waals surface area (Å²) in [6.07, 6.45) is 1.75. The van der Waals surface area contributed by atoms with E-state index in [2.05, 4.69) is 20.9 Å². The molecule has 2 nitrogen and oxygen atoms in total. The number of aromatic nitrogens is 1. The molecular weight excluding hydrogens is 296 g/mol. The van der Waals surface area contributed by atoms with Crippen molar-refractivity contribution in [1.82, 2.24) is 4.98 Å². The Kier molecular flexibility index (Phi) is 3.41. The molecule has 0 aliphatic rings. The summed E-state index contributed by atoms with van der Waals surface area (Å²) >= 11 is 10.9. The van der Waals surface area contributed by atoms with E-state index in [1.165, 1.54) is 0 Å². The van der Waals surface area contributed by atoms with Crippen LogP contribution in [0.4, 0.5) is 0 Å². The van der Waals surface area contributed by atoms with Gasteiger partial charge < -0.3 is 5.73 Å². The van der Waals surface area contributed by atoms with Crippen molar-refractivity contribution in [3.8, 4) is 0 Å². The highest BCUT2D eigenvalue weighted by Crippen LogP contribution is 2.29. The normalized spacial score (nSPS) is 12.7. The van der Waals surface area contributed by atoms with Crippen molar-refractivity contribution in [2.45, 2.75) is 6.04 Å². The molecule has 1 heterocycles. The van der Waals surface area contributed by atoms with Crippen LogP contribution in [0.15, 0.2) is 34.2 Å². The third-order valence-electron chi connectivity index (χ3n) is 2.01. The molecule has 0 saturated carbocycles. The number of hydrogen-bond donors (Lipinski definition) is 1. The Morgan fingerprint density at radius 1 is 1.47 bits per heavy atom. The maximum atomic E-state index is 6.09. The SMILES string of the molecule is NC(c1nccs1)c1cc(Cl)ccc1Br. The molecule has 0 radical (unpaired) electrons. The predicted molar refractivity (Wildman–Crippen MR) is 67.3 cm³/mol.